The number of carbonyl (C=O) groups excluding carboxylic acids is 1. The number of anilines is 1. The van der Waals surface area contributed by atoms with Gasteiger partial charge in [-0.05, 0) is 44.0 Å². The van der Waals surface area contributed by atoms with E-state index < -0.39 is 0 Å². The van der Waals surface area contributed by atoms with Crippen LogP contribution in [0.4, 0.5) is 5.82 Å². The normalized spacial score (nSPS) is 16.6. The van der Waals surface area contributed by atoms with Crippen molar-refractivity contribution >= 4 is 17.4 Å². The van der Waals surface area contributed by atoms with Crippen LogP contribution in [-0.2, 0) is 4.79 Å². The first kappa shape index (κ1) is 19.0. The van der Waals surface area contributed by atoms with E-state index in [9.17, 15) is 4.79 Å². The smallest absolute Gasteiger partial charge is 0.248 e. The molecule has 4 rings (SSSR count). The summed E-state index contributed by atoms with van der Waals surface area (Å²) >= 11 is 0. The molecule has 3 aromatic rings. The van der Waals surface area contributed by atoms with Crippen LogP contribution in [-0.4, -0.2) is 51.4 Å². The number of hydrogen-bond acceptors (Lipinski definition) is 5. The number of nitrogens with one attached hydrogen (secondary N) is 1. The number of piperidine rings is 1. The second-order valence-electron chi connectivity index (χ2n) is 7.36. The molecule has 0 radical (unpaired) electrons. The number of carbonyl (C=O) groups is 1. The molecular formula is C22H25N5O2. The highest BCUT2D eigenvalue weighted by atomic mass is 16.5. The van der Waals surface area contributed by atoms with Crippen molar-refractivity contribution in [1.82, 2.24) is 19.3 Å². The SMILES string of the molecule is C=C(C)C(=O)N1CCCC(Nc2nccn3c(-c4ccc(OC)cc4)cnc23)C1. The van der Waals surface area contributed by atoms with Gasteiger partial charge in [0.2, 0.25) is 5.91 Å². The third kappa shape index (κ3) is 3.81. The number of ether oxygens (including phenoxy) is 1. The zero-order valence-electron chi connectivity index (χ0n) is 16.8. The first-order valence-electron chi connectivity index (χ1n) is 9.74. The van der Waals surface area contributed by atoms with E-state index in [1.807, 2.05) is 46.0 Å². The van der Waals surface area contributed by atoms with Crippen LogP contribution >= 0.6 is 0 Å². The van der Waals surface area contributed by atoms with E-state index in [1.165, 1.54) is 0 Å². The molecule has 7 nitrogen and oxygen atoms in total. The molecule has 1 N–H and O–H groups in total. The molecule has 1 aliphatic heterocycles. The largest absolute Gasteiger partial charge is 0.497 e. The zero-order valence-corrected chi connectivity index (χ0v) is 16.8. The molecule has 1 aliphatic rings. The van der Waals surface area contributed by atoms with Crippen molar-refractivity contribution in [3.05, 3.63) is 55.0 Å². The zero-order chi connectivity index (χ0) is 20.4. The van der Waals surface area contributed by atoms with Gasteiger partial charge >= 0.3 is 0 Å². The lowest BCUT2D eigenvalue weighted by Gasteiger charge is -2.33. The maximum Gasteiger partial charge on any atom is 0.248 e. The lowest BCUT2D eigenvalue weighted by Crippen LogP contribution is -2.45. The molecule has 3 heterocycles. The Balaban J connectivity index is 1.58. The molecular weight excluding hydrogens is 366 g/mol. The summed E-state index contributed by atoms with van der Waals surface area (Å²) in [6.45, 7) is 6.94. The van der Waals surface area contributed by atoms with Gasteiger partial charge in [0.25, 0.3) is 0 Å². The molecule has 1 fully saturated rings. The molecule has 0 aliphatic carbocycles. The van der Waals surface area contributed by atoms with Gasteiger partial charge in [-0.15, -0.1) is 0 Å². The minimum absolute atomic E-state index is 0.0188. The number of methoxy groups -OCH3 is 1. The molecule has 0 bridgehead atoms. The summed E-state index contributed by atoms with van der Waals surface area (Å²) in [7, 11) is 1.66. The van der Waals surface area contributed by atoms with Gasteiger partial charge in [0, 0.05) is 42.7 Å². The number of hydrogen-bond donors (Lipinski definition) is 1. The average molecular weight is 391 g/mol. The summed E-state index contributed by atoms with van der Waals surface area (Å²) in [5, 5.41) is 3.49. The van der Waals surface area contributed by atoms with Gasteiger partial charge < -0.3 is 15.0 Å². The maximum atomic E-state index is 12.3. The molecule has 29 heavy (non-hydrogen) atoms. The number of aromatic nitrogens is 3. The fraction of sp³-hybridized carbons (Fsp3) is 0.318. The number of fused-ring (bicyclic) bond motifs is 1. The van der Waals surface area contributed by atoms with Crippen molar-refractivity contribution in [2.75, 3.05) is 25.5 Å². The van der Waals surface area contributed by atoms with Gasteiger partial charge in [-0.25, -0.2) is 9.97 Å². The van der Waals surface area contributed by atoms with Gasteiger partial charge in [0.05, 0.1) is 19.0 Å². The van der Waals surface area contributed by atoms with Crippen LogP contribution in [0.5, 0.6) is 5.75 Å². The second kappa shape index (κ2) is 7.95. The van der Waals surface area contributed by atoms with Crippen LogP contribution in [0.15, 0.2) is 55.0 Å². The van der Waals surface area contributed by atoms with Gasteiger partial charge in [-0.3, -0.25) is 9.20 Å². The Bertz CT molecular complexity index is 1040. The fourth-order valence-corrected chi connectivity index (χ4v) is 3.74. The minimum Gasteiger partial charge on any atom is -0.497 e. The van der Waals surface area contributed by atoms with Crippen LogP contribution in [0.2, 0.25) is 0 Å². The Kier molecular flexibility index (Phi) is 5.20. The molecule has 150 valence electrons. The number of imidazole rings is 1. The first-order chi connectivity index (χ1) is 14.1. The van der Waals surface area contributed by atoms with Crippen molar-refractivity contribution in [1.29, 1.82) is 0 Å². The van der Waals surface area contributed by atoms with Crippen molar-refractivity contribution in [2.24, 2.45) is 0 Å². The van der Waals surface area contributed by atoms with E-state index >= 15 is 0 Å². The number of likely N-dealkylation sites (tertiary alicyclic amines) is 1. The maximum absolute atomic E-state index is 12.3. The van der Waals surface area contributed by atoms with E-state index in [-0.39, 0.29) is 11.9 Å². The van der Waals surface area contributed by atoms with Gasteiger partial charge in [0.15, 0.2) is 11.5 Å². The van der Waals surface area contributed by atoms with Gasteiger partial charge in [0.1, 0.15) is 5.75 Å². The van der Waals surface area contributed by atoms with Crippen LogP contribution in [0, 0.1) is 0 Å². The summed E-state index contributed by atoms with van der Waals surface area (Å²) in [5.74, 6) is 1.56. The Morgan fingerprint density at radius 2 is 2.07 bits per heavy atom. The van der Waals surface area contributed by atoms with Crippen LogP contribution in [0.25, 0.3) is 16.9 Å². The van der Waals surface area contributed by atoms with Crippen molar-refractivity contribution < 1.29 is 9.53 Å². The fourth-order valence-electron chi connectivity index (χ4n) is 3.74. The van der Waals surface area contributed by atoms with Crippen LogP contribution in [0.1, 0.15) is 19.8 Å². The van der Waals surface area contributed by atoms with E-state index in [2.05, 4.69) is 21.9 Å². The third-order valence-electron chi connectivity index (χ3n) is 5.23. The Morgan fingerprint density at radius 3 is 2.79 bits per heavy atom. The highest BCUT2D eigenvalue weighted by Crippen LogP contribution is 2.26. The first-order valence-corrected chi connectivity index (χ1v) is 9.74. The summed E-state index contributed by atoms with van der Waals surface area (Å²) in [4.78, 5) is 23.2. The van der Waals surface area contributed by atoms with E-state index in [0.29, 0.717) is 12.1 Å². The molecule has 1 unspecified atom stereocenters. The lowest BCUT2D eigenvalue weighted by molar-refractivity contribution is -0.128. The standard InChI is InChI=1S/C22H25N5O2/c1-15(2)22(28)26-11-4-5-17(14-26)25-20-21-24-13-19(27(21)12-10-23-20)16-6-8-18(29-3)9-7-16/h6-10,12-13,17H,1,4-5,11,14H2,2-3H3,(H,23,25). The van der Waals surface area contributed by atoms with E-state index in [1.54, 1.807) is 20.2 Å². The Labute approximate surface area is 170 Å². The minimum atomic E-state index is 0.0188. The molecule has 1 amide bonds. The Hall–Kier alpha value is -3.35. The van der Waals surface area contributed by atoms with Crippen molar-refractivity contribution in [2.45, 2.75) is 25.8 Å². The van der Waals surface area contributed by atoms with Crippen LogP contribution in [0.3, 0.4) is 0 Å². The number of benzene rings is 1. The summed E-state index contributed by atoms with van der Waals surface area (Å²) in [6.07, 6.45) is 7.45. The molecule has 1 aromatic carbocycles. The summed E-state index contributed by atoms with van der Waals surface area (Å²) in [6, 6.07) is 8.02. The summed E-state index contributed by atoms with van der Waals surface area (Å²) < 4.78 is 7.27. The molecule has 1 saturated heterocycles. The molecule has 0 saturated carbocycles. The number of amides is 1. The predicted octanol–water partition coefficient (Wildman–Crippen LogP) is 3.38. The van der Waals surface area contributed by atoms with E-state index in [0.717, 1.165) is 47.9 Å². The van der Waals surface area contributed by atoms with Crippen molar-refractivity contribution in [3.8, 4) is 17.0 Å². The third-order valence-corrected chi connectivity index (χ3v) is 5.23. The Morgan fingerprint density at radius 1 is 1.28 bits per heavy atom. The average Bonchev–Trinajstić information content (AvgIpc) is 3.18. The molecule has 2 aromatic heterocycles. The topological polar surface area (TPSA) is 71.8 Å². The predicted molar refractivity (Wildman–Crippen MR) is 113 cm³/mol. The number of nitrogens with zero attached hydrogens (tertiary/aromatic N) is 4. The molecule has 7 heteroatoms. The van der Waals surface area contributed by atoms with Gasteiger partial charge in [-0.1, -0.05) is 6.58 Å². The van der Waals surface area contributed by atoms with Crippen molar-refractivity contribution in [3.63, 3.8) is 0 Å². The molecule has 1 atom stereocenters. The lowest BCUT2D eigenvalue weighted by atomic mass is 10.0. The highest BCUT2D eigenvalue weighted by molar-refractivity contribution is 5.92. The summed E-state index contributed by atoms with van der Waals surface area (Å²) in [5.41, 5.74) is 3.37. The highest BCUT2D eigenvalue weighted by Gasteiger charge is 2.25. The monoisotopic (exact) mass is 391 g/mol. The van der Waals surface area contributed by atoms with Gasteiger partial charge in [-0.2, -0.15) is 0 Å². The number of rotatable bonds is 5. The van der Waals surface area contributed by atoms with E-state index in [4.69, 9.17) is 4.74 Å². The second-order valence-corrected chi connectivity index (χ2v) is 7.36. The molecule has 0 spiro atoms. The quantitative estimate of drug-likeness (QED) is 0.675. The van der Waals surface area contributed by atoms with Crippen LogP contribution < -0.4 is 10.1 Å².